The minimum atomic E-state index is -0.0864. The van der Waals surface area contributed by atoms with Gasteiger partial charge in [0.1, 0.15) is 5.75 Å². The van der Waals surface area contributed by atoms with Gasteiger partial charge in [-0.1, -0.05) is 48.5 Å². The van der Waals surface area contributed by atoms with E-state index in [0.29, 0.717) is 18.7 Å². The molecule has 0 unspecified atom stereocenters. The second kappa shape index (κ2) is 9.23. The molecule has 4 nitrogen and oxygen atoms in total. The first-order valence-electron chi connectivity index (χ1n) is 10.2. The van der Waals surface area contributed by atoms with Gasteiger partial charge in [-0.2, -0.15) is 0 Å². The van der Waals surface area contributed by atoms with E-state index < -0.39 is 0 Å². The van der Waals surface area contributed by atoms with Crippen molar-refractivity contribution in [2.24, 2.45) is 0 Å². The van der Waals surface area contributed by atoms with Crippen molar-refractivity contribution in [1.82, 2.24) is 10.3 Å². The zero-order chi connectivity index (χ0) is 20.8. The van der Waals surface area contributed by atoms with Crippen LogP contribution in [0.25, 0.3) is 22.2 Å². The molecule has 1 heterocycles. The average Bonchev–Trinajstić information content (AvgIpc) is 2.80. The Kier molecular flexibility index (Phi) is 6.04. The number of amides is 1. The largest absolute Gasteiger partial charge is 0.494 e. The van der Waals surface area contributed by atoms with Crippen LogP contribution >= 0.6 is 0 Å². The van der Waals surface area contributed by atoms with Crippen molar-refractivity contribution in [3.8, 4) is 17.0 Å². The fourth-order valence-electron chi connectivity index (χ4n) is 3.46. The quantitative estimate of drug-likeness (QED) is 0.463. The standard InChI is InChI=1S/C26H24N2O2/c1-2-30-21-14-12-20(13-15-21)25-18-23(22-10-6-7-11-24(22)28-25)26(29)27-17-16-19-8-4-3-5-9-19/h3-15,18H,2,16-17H2,1H3,(H,27,29). The Hall–Kier alpha value is -3.66. The summed E-state index contributed by atoms with van der Waals surface area (Å²) in [5.41, 5.74) is 4.36. The third-order valence-electron chi connectivity index (χ3n) is 4.96. The Morgan fingerprint density at radius 3 is 2.43 bits per heavy atom. The molecule has 0 aliphatic carbocycles. The number of nitrogens with zero attached hydrogens (tertiary/aromatic N) is 1. The lowest BCUT2D eigenvalue weighted by atomic mass is 10.0. The predicted octanol–water partition coefficient (Wildman–Crippen LogP) is 5.27. The van der Waals surface area contributed by atoms with E-state index in [4.69, 9.17) is 9.72 Å². The number of benzene rings is 3. The van der Waals surface area contributed by atoms with E-state index in [-0.39, 0.29) is 5.91 Å². The number of hydrogen-bond donors (Lipinski definition) is 1. The second-order valence-electron chi connectivity index (χ2n) is 7.02. The Labute approximate surface area is 176 Å². The van der Waals surface area contributed by atoms with Crippen molar-refractivity contribution < 1.29 is 9.53 Å². The summed E-state index contributed by atoms with van der Waals surface area (Å²) in [4.78, 5) is 17.8. The number of aromatic nitrogens is 1. The van der Waals surface area contributed by atoms with Gasteiger partial charge in [-0.05, 0) is 55.3 Å². The van der Waals surface area contributed by atoms with Crippen LogP contribution in [0, 0.1) is 0 Å². The van der Waals surface area contributed by atoms with Crippen molar-refractivity contribution in [1.29, 1.82) is 0 Å². The van der Waals surface area contributed by atoms with Gasteiger partial charge in [-0.25, -0.2) is 4.98 Å². The van der Waals surface area contributed by atoms with Gasteiger partial charge in [-0.15, -0.1) is 0 Å². The molecule has 4 heteroatoms. The minimum absolute atomic E-state index is 0.0864. The maximum Gasteiger partial charge on any atom is 0.252 e. The lowest BCUT2D eigenvalue weighted by Crippen LogP contribution is -2.26. The number of carbonyl (C=O) groups is 1. The lowest BCUT2D eigenvalue weighted by Gasteiger charge is -2.11. The highest BCUT2D eigenvalue weighted by Crippen LogP contribution is 2.26. The highest BCUT2D eigenvalue weighted by atomic mass is 16.5. The predicted molar refractivity (Wildman–Crippen MR) is 121 cm³/mol. The molecule has 0 atom stereocenters. The van der Waals surface area contributed by atoms with E-state index in [0.717, 1.165) is 34.3 Å². The van der Waals surface area contributed by atoms with Crippen LogP contribution in [0.3, 0.4) is 0 Å². The molecule has 0 spiro atoms. The van der Waals surface area contributed by atoms with Gasteiger partial charge >= 0.3 is 0 Å². The minimum Gasteiger partial charge on any atom is -0.494 e. The van der Waals surface area contributed by atoms with Crippen LogP contribution in [-0.2, 0) is 6.42 Å². The summed E-state index contributed by atoms with van der Waals surface area (Å²) in [7, 11) is 0. The number of rotatable bonds is 7. The fourth-order valence-corrected chi connectivity index (χ4v) is 3.46. The molecular weight excluding hydrogens is 372 g/mol. The number of nitrogens with one attached hydrogen (secondary N) is 1. The maximum absolute atomic E-state index is 13.0. The third-order valence-corrected chi connectivity index (χ3v) is 4.96. The van der Waals surface area contributed by atoms with Gasteiger partial charge in [0.25, 0.3) is 5.91 Å². The van der Waals surface area contributed by atoms with Gasteiger partial charge < -0.3 is 10.1 Å². The van der Waals surface area contributed by atoms with Crippen LogP contribution in [-0.4, -0.2) is 24.0 Å². The van der Waals surface area contributed by atoms with Crippen LogP contribution in [0.5, 0.6) is 5.75 Å². The van der Waals surface area contributed by atoms with Crippen molar-refractivity contribution in [2.75, 3.05) is 13.2 Å². The van der Waals surface area contributed by atoms with Crippen LogP contribution in [0.15, 0.2) is 84.9 Å². The van der Waals surface area contributed by atoms with Crippen LogP contribution < -0.4 is 10.1 Å². The molecule has 0 aliphatic heterocycles. The first-order valence-corrected chi connectivity index (χ1v) is 10.2. The highest BCUT2D eigenvalue weighted by Gasteiger charge is 2.14. The molecule has 0 radical (unpaired) electrons. The molecule has 30 heavy (non-hydrogen) atoms. The Morgan fingerprint density at radius 1 is 0.933 bits per heavy atom. The van der Waals surface area contributed by atoms with E-state index >= 15 is 0 Å². The number of pyridine rings is 1. The van der Waals surface area contributed by atoms with Crippen molar-refractivity contribution in [3.05, 3.63) is 96.1 Å². The maximum atomic E-state index is 13.0. The molecule has 0 bridgehead atoms. The first kappa shape index (κ1) is 19.6. The molecule has 1 aromatic heterocycles. The fraction of sp³-hybridized carbons (Fsp3) is 0.154. The number of carbonyl (C=O) groups excluding carboxylic acids is 1. The Bertz CT molecular complexity index is 1140. The molecule has 0 fully saturated rings. The summed E-state index contributed by atoms with van der Waals surface area (Å²) in [6.45, 7) is 3.17. The molecule has 1 amide bonds. The highest BCUT2D eigenvalue weighted by molar-refractivity contribution is 6.07. The van der Waals surface area contributed by atoms with E-state index in [2.05, 4.69) is 17.4 Å². The smallest absolute Gasteiger partial charge is 0.252 e. The summed E-state index contributed by atoms with van der Waals surface area (Å²) >= 11 is 0. The zero-order valence-electron chi connectivity index (χ0n) is 17.0. The SMILES string of the molecule is CCOc1ccc(-c2cc(C(=O)NCCc3ccccc3)c3ccccc3n2)cc1. The Morgan fingerprint density at radius 2 is 1.67 bits per heavy atom. The van der Waals surface area contributed by atoms with E-state index in [1.807, 2.05) is 79.7 Å². The molecule has 1 N–H and O–H groups in total. The third kappa shape index (κ3) is 4.49. The number of ether oxygens (including phenoxy) is 1. The van der Waals surface area contributed by atoms with Crippen LogP contribution in [0.2, 0.25) is 0 Å². The topological polar surface area (TPSA) is 51.2 Å². The summed E-state index contributed by atoms with van der Waals surface area (Å²) in [6, 6.07) is 27.6. The molecule has 0 saturated heterocycles. The number of fused-ring (bicyclic) bond motifs is 1. The van der Waals surface area contributed by atoms with E-state index in [9.17, 15) is 4.79 Å². The van der Waals surface area contributed by atoms with Gasteiger partial charge in [0, 0.05) is 17.5 Å². The van der Waals surface area contributed by atoms with Crippen LogP contribution in [0.4, 0.5) is 0 Å². The van der Waals surface area contributed by atoms with E-state index in [1.54, 1.807) is 0 Å². The van der Waals surface area contributed by atoms with Crippen LogP contribution in [0.1, 0.15) is 22.8 Å². The Balaban J connectivity index is 1.60. The molecule has 4 rings (SSSR count). The van der Waals surface area contributed by atoms with Crippen molar-refractivity contribution in [3.63, 3.8) is 0 Å². The molecule has 0 saturated carbocycles. The van der Waals surface area contributed by atoms with Gasteiger partial charge in [-0.3, -0.25) is 4.79 Å². The van der Waals surface area contributed by atoms with Gasteiger partial charge in [0.15, 0.2) is 0 Å². The molecule has 3 aromatic carbocycles. The second-order valence-corrected chi connectivity index (χ2v) is 7.02. The molecule has 0 aliphatic rings. The summed E-state index contributed by atoms with van der Waals surface area (Å²) in [5, 5.41) is 3.91. The lowest BCUT2D eigenvalue weighted by molar-refractivity contribution is 0.0955. The average molecular weight is 396 g/mol. The molecular formula is C26H24N2O2. The van der Waals surface area contributed by atoms with Gasteiger partial charge in [0.05, 0.1) is 23.4 Å². The summed E-state index contributed by atoms with van der Waals surface area (Å²) in [6.07, 6.45) is 0.793. The van der Waals surface area contributed by atoms with Gasteiger partial charge in [0.2, 0.25) is 0 Å². The molecule has 4 aromatic rings. The van der Waals surface area contributed by atoms with Crippen molar-refractivity contribution in [2.45, 2.75) is 13.3 Å². The summed E-state index contributed by atoms with van der Waals surface area (Å²) in [5.74, 6) is 0.734. The number of hydrogen-bond acceptors (Lipinski definition) is 3. The first-order chi connectivity index (χ1) is 14.7. The number of para-hydroxylation sites is 1. The summed E-state index contributed by atoms with van der Waals surface area (Å²) < 4.78 is 5.53. The van der Waals surface area contributed by atoms with E-state index in [1.165, 1.54) is 5.56 Å². The van der Waals surface area contributed by atoms with Crippen molar-refractivity contribution >= 4 is 16.8 Å². The zero-order valence-corrected chi connectivity index (χ0v) is 17.0. The molecule has 150 valence electrons. The monoisotopic (exact) mass is 396 g/mol. The normalized spacial score (nSPS) is 10.7.